The molecule has 2 aliphatic rings. The highest BCUT2D eigenvalue weighted by molar-refractivity contribution is 7.92. The Morgan fingerprint density at radius 2 is 1.67 bits per heavy atom. The SMILES string of the molecule is CC(C)C[C@H](NC(=O)[C@H](Cc1cccc2cccnc12)CS(=O)(=O)C(C)C)C(=O)N[C@@H](CC1CCCCC1)[C@@H](O)[C@@H](O)CN1CCOCC1. The van der Waals surface area contributed by atoms with Crippen molar-refractivity contribution in [1.29, 1.82) is 0 Å². The van der Waals surface area contributed by atoms with E-state index in [9.17, 15) is 28.2 Å². The maximum absolute atomic E-state index is 14.1. The van der Waals surface area contributed by atoms with Crippen molar-refractivity contribution in [2.45, 2.75) is 109 Å². The summed E-state index contributed by atoms with van der Waals surface area (Å²) in [5.74, 6) is -1.95. The molecular weight excluding hydrogens is 644 g/mol. The predicted molar refractivity (Wildman–Crippen MR) is 192 cm³/mol. The molecule has 1 aliphatic heterocycles. The number of morpholine rings is 1. The molecule has 274 valence electrons. The number of β-amino-alcohol motifs (C(OH)–C–C–N with tert-alkyl or cyclic N) is 1. The molecule has 2 heterocycles. The van der Waals surface area contributed by atoms with Gasteiger partial charge in [-0.2, -0.15) is 0 Å². The summed E-state index contributed by atoms with van der Waals surface area (Å²) in [5, 5.41) is 28.8. The number of aliphatic hydroxyl groups is 2. The van der Waals surface area contributed by atoms with Crippen LogP contribution in [0.3, 0.4) is 0 Å². The normalized spacial score (nSPS) is 19.8. The number of nitrogens with one attached hydrogen (secondary N) is 2. The molecule has 0 bridgehead atoms. The zero-order chi connectivity index (χ0) is 35.6. The van der Waals surface area contributed by atoms with Crippen LogP contribution >= 0.6 is 0 Å². The number of benzene rings is 1. The highest BCUT2D eigenvalue weighted by Crippen LogP contribution is 2.29. The van der Waals surface area contributed by atoms with E-state index in [1.807, 2.05) is 44.2 Å². The van der Waals surface area contributed by atoms with E-state index in [0.717, 1.165) is 36.6 Å². The van der Waals surface area contributed by atoms with Crippen LogP contribution in [-0.2, 0) is 30.6 Å². The number of para-hydroxylation sites is 1. The fourth-order valence-corrected chi connectivity index (χ4v) is 8.28. The molecule has 0 unspecified atom stereocenters. The molecule has 49 heavy (non-hydrogen) atoms. The minimum Gasteiger partial charge on any atom is -0.389 e. The first-order chi connectivity index (χ1) is 23.3. The summed E-state index contributed by atoms with van der Waals surface area (Å²) in [6, 6.07) is 7.72. The second-order valence-electron chi connectivity index (χ2n) is 14.8. The first-order valence-electron chi connectivity index (χ1n) is 18.1. The number of fused-ring (bicyclic) bond motifs is 1. The molecule has 1 aromatic carbocycles. The maximum atomic E-state index is 14.1. The van der Waals surface area contributed by atoms with Crippen molar-refractivity contribution in [2.75, 3.05) is 38.6 Å². The van der Waals surface area contributed by atoms with Gasteiger partial charge in [-0.15, -0.1) is 0 Å². The molecule has 5 atom stereocenters. The van der Waals surface area contributed by atoms with Crippen LogP contribution in [0.1, 0.15) is 78.2 Å². The van der Waals surface area contributed by atoms with Gasteiger partial charge in [0, 0.05) is 31.2 Å². The Balaban J connectivity index is 1.55. The number of amides is 2. The number of pyridine rings is 1. The summed E-state index contributed by atoms with van der Waals surface area (Å²) < 4.78 is 31.8. The van der Waals surface area contributed by atoms with Crippen LogP contribution in [-0.4, -0.2) is 108 Å². The molecular formula is C37H58N4O7S. The number of carbonyl (C=O) groups is 2. The van der Waals surface area contributed by atoms with E-state index < -0.39 is 57.1 Å². The van der Waals surface area contributed by atoms with Crippen molar-refractivity contribution in [3.8, 4) is 0 Å². The van der Waals surface area contributed by atoms with Crippen LogP contribution in [0.25, 0.3) is 10.9 Å². The van der Waals surface area contributed by atoms with Gasteiger partial charge in [-0.05, 0) is 56.6 Å². The van der Waals surface area contributed by atoms with E-state index in [1.54, 1.807) is 20.0 Å². The Hall–Kier alpha value is -2.64. The van der Waals surface area contributed by atoms with Gasteiger partial charge in [0.1, 0.15) is 12.1 Å². The Morgan fingerprint density at radius 3 is 2.35 bits per heavy atom. The van der Waals surface area contributed by atoms with Crippen molar-refractivity contribution in [3.63, 3.8) is 0 Å². The quantitative estimate of drug-likeness (QED) is 0.194. The van der Waals surface area contributed by atoms with Gasteiger partial charge in [0.25, 0.3) is 0 Å². The van der Waals surface area contributed by atoms with Gasteiger partial charge in [0.2, 0.25) is 11.8 Å². The molecule has 11 nitrogen and oxygen atoms in total. The lowest BCUT2D eigenvalue weighted by molar-refractivity contribution is -0.132. The molecule has 4 N–H and O–H groups in total. The van der Waals surface area contributed by atoms with E-state index >= 15 is 0 Å². The summed E-state index contributed by atoms with van der Waals surface area (Å²) in [6.45, 7) is 9.83. The van der Waals surface area contributed by atoms with Gasteiger partial charge >= 0.3 is 0 Å². The van der Waals surface area contributed by atoms with Crippen LogP contribution in [0.4, 0.5) is 0 Å². The minimum atomic E-state index is -3.62. The lowest BCUT2D eigenvalue weighted by atomic mass is 9.83. The average Bonchev–Trinajstić information content (AvgIpc) is 3.07. The first kappa shape index (κ1) is 39.2. The minimum absolute atomic E-state index is 0.0322. The van der Waals surface area contributed by atoms with Crippen molar-refractivity contribution < 1.29 is 33.0 Å². The molecule has 0 spiro atoms. The number of carbonyl (C=O) groups excluding carboxylic acids is 2. The van der Waals surface area contributed by atoms with E-state index in [4.69, 9.17) is 4.74 Å². The van der Waals surface area contributed by atoms with Gasteiger partial charge in [-0.25, -0.2) is 8.42 Å². The van der Waals surface area contributed by atoms with Gasteiger partial charge in [0.15, 0.2) is 9.84 Å². The molecule has 12 heteroatoms. The maximum Gasteiger partial charge on any atom is 0.242 e. The van der Waals surface area contributed by atoms with E-state index in [0.29, 0.717) is 50.6 Å². The number of hydrogen-bond acceptors (Lipinski definition) is 9. The van der Waals surface area contributed by atoms with E-state index in [1.165, 1.54) is 6.42 Å². The van der Waals surface area contributed by atoms with Crippen molar-refractivity contribution in [2.24, 2.45) is 17.8 Å². The largest absolute Gasteiger partial charge is 0.389 e. The Labute approximate surface area is 292 Å². The number of hydrogen-bond donors (Lipinski definition) is 4. The molecule has 0 radical (unpaired) electrons. The number of aromatic nitrogens is 1. The van der Waals surface area contributed by atoms with Crippen LogP contribution in [0.2, 0.25) is 0 Å². The monoisotopic (exact) mass is 702 g/mol. The van der Waals surface area contributed by atoms with Crippen LogP contribution < -0.4 is 10.6 Å². The number of ether oxygens (including phenoxy) is 1. The summed E-state index contributed by atoms with van der Waals surface area (Å²) in [5.41, 5.74) is 1.46. The number of nitrogens with zero attached hydrogens (tertiary/aromatic N) is 2. The molecule has 1 saturated carbocycles. The molecule has 1 aromatic heterocycles. The van der Waals surface area contributed by atoms with Gasteiger partial charge in [-0.1, -0.05) is 70.2 Å². The van der Waals surface area contributed by atoms with Crippen LogP contribution in [0.15, 0.2) is 36.5 Å². The number of sulfone groups is 1. The van der Waals surface area contributed by atoms with Crippen molar-refractivity contribution in [1.82, 2.24) is 20.5 Å². The summed E-state index contributed by atoms with van der Waals surface area (Å²) >= 11 is 0. The Kier molecular flexibility index (Phi) is 14.8. The van der Waals surface area contributed by atoms with Crippen LogP contribution in [0.5, 0.6) is 0 Å². The molecule has 2 fully saturated rings. The number of aliphatic hydroxyl groups excluding tert-OH is 2. The van der Waals surface area contributed by atoms with E-state index in [2.05, 4.69) is 20.5 Å². The lowest BCUT2D eigenvalue weighted by Crippen LogP contribution is -2.57. The second kappa shape index (κ2) is 18.6. The Bertz CT molecular complexity index is 1450. The second-order valence-corrected chi connectivity index (χ2v) is 17.4. The summed E-state index contributed by atoms with van der Waals surface area (Å²) in [7, 11) is -3.62. The summed E-state index contributed by atoms with van der Waals surface area (Å²) in [6.07, 6.45) is 5.73. The number of rotatable bonds is 17. The van der Waals surface area contributed by atoms with Gasteiger partial charge in [-0.3, -0.25) is 19.5 Å². The van der Waals surface area contributed by atoms with Gasteiger partial charge < -0.3 is 25.6 Å². The zero-order valence-corrected chi connectivity index (χ0v) is 30.5. The predicted octanol–water partition coefficient (Wildman–Crippen LogP) is 3.26. The first-order valence-corrected chi connectivity index (χ1v) is 19.9. The van der Waals surface area contributed by atoms with E-state index in [-0.39, 0.29) is 24.6 Å². The Morgan fingerprint density at radius 1 is 0.980 bits per heavy atom. The molecule has 2 amide bonds. The van der Waals surface area contributed by atoms with Crippen LogP contribution in [0, 0.1) is 17.8 Å². The fourth-order valence-electron chi connectivity index (χ4n) is 7.06. The highest BCUT2D eigenvalue weighted by atomic mass is 32.2. The third-order valence-corrected chi connectivity index (χ3v) is 12.3. The molecule has 4 rings (SSSR count). The van der Waals surface area contributed by atoms with Crippen molar-refractivity contribution in [3.05, 3.63) is 42.1 Å². The average molecular weight is 703 g/mol. The van der Waals surface area contributed by atoms with Crippen molar-refractivity contribution >= 4 is 32.6 Å². The standard InChI is InChI=1S/C37H58N4O7S/c1-25(2)20-32(37(45)39-31(21-27-10-6-5-7-11-27)35(43)33(42)23-41-16-18-48-19-17-41)40-36(44)30(24-49(46,47)26(3)4)22-29-13-8-12-28-14-9-15-38-34(28)29/h8-9,12-15,25-27,30-33,35,42-43H,5-7,10-11,16-24H2,1-4H3,(H,39,45)(H,40,44)/t30-,31+,32+,33+,35-/m1/s1. The topological polar surface area (TPSA) is 158 Å². The zero-order valence-electron chi connectivity index (χ0n) is 29.7. The third kappa shape index (κ3) is 11.7. The molecule has 2 aromatic rings. The summed E-state index contributed by atoms with van der Waals surface area (Å²) in [4.78, 5) is 34.7. The fraction of sp³-hybridized carbons (Fsp3) is 0.703. The highest BCUT2D eigenvalue weighted by Gasteiger charge is 2.36. The molecule has 1 aliphatic carbocycles. The molecule has 1 saturated heterocycles. The smallest absolute Gasteiger partial charge is 0.242 e. The lowest BCUT2D eigenvalue weighted by Gasteiger charge is -2.36. The third-order valence-electron chi connectivity index (χ3n) is 10.0. The van der Waals surface area contributed by atoms with Gasteiger partial charge in [0.05, 0.1) is 47.8 Å².